The first-order valence-corrected chi connectivity index (χ1v) is 12.5. The molecular weight excluding hydrogens is 418 g/mol. The van der Waals surface area contributed by atoms with E-state index in [0.717, 1.165) is 19.4 Å². The number of esters is 1. The highest BCUT2D eigenvalue weighted by molar-refractivity contribution is 5.91. The largest absolute Gasteiger partial charge is 0.463 e. The van der Waals surface area contributed by atoms with Gasteiger partial charge >= 0.3 is 5.97 Å². The summed E-state index contributed by atoms with van der Waals surface area (Å²) in [5.41, 5.74) is 0.476. The van der Waals surface area contributed by atoms with Gasteiger partial charge in [-0.15, -0.1) is 0 Å². The van der Waals surface area contributed by atoms with Crippen molar-refractivity contribution in [2.45, 2.75) is 99.3 Å². The summed E-state index contributed by atoms with van der Waals surface area (Å²) < 4.78 is 5.09. The van der Waals surface area contributed by atoms with Crippen LogP contribution >= 0.6 is 0 Å². The van der Waals surface area contributed by atoms with Crippen molar-refractivity contribution >= 4 is 17.8 Å². The Labute approximate surface area is 201 Å². The minimum Gasteiger partial charge on any atom is -0.463 e. The van der Waals surface area contributed by atoms with E-state index in [2.05, 4.69) is 31.0 Å². The van der Waals surface area contributed by atoms with Crippen molar-refractivity contribution in [1.82, 2.24) is 15.1 Å². The topological polar surface area (TPSA) is 79.0 Å². The van der Waals surface area contributed by atoms with Gasteiger partial charge in [0.1, 0.15) is 6.04 Å². The van der Waals surface area contributed by atoms with Crippen molar-refractivity contribution in [3.63, 3.8) is 0 Å². The highest BCUT2D eigenvalue weighted by Gasteiger charge is 2.37. The van der Waals surface area contributed by atoms with Crippen LogP contribution in [0.4, 0.5) is 0 Å². The predicted octanol–water partition coefficient (Wildman–Crippen LogP) is 3.63. The molecule has 1 aliphatic heterocycles. The highest BCUT2D eigenvalue weighted by atomic mass is 16.5. The van der Waals surface area contributed by atoms with E-state index >= 15 is 0 Å². The summed E-state index contributed by atoms with van der Waals surface area (Å²) in [4.78, 5) is 42.9. The van der Waals surface area contributed by atoms with Gasteiger partial charge in [0.15, 0.2) is 0 Å². The van der Waals surface area contributed by atoms with Crippen LogP contribution in [0.25, 0.3) is 0 Å². The van der Waals surface area contributed by atoms with E-state index in [0.29, 0.717) is 18.1 Å². The lowest BCUT2D eigenvalue weighted by Gasteiger charge is -2.41. The molecule has 1 aliphatic rings. The van der Waals surface area contributed by atoms with Crippen molar-refractivity contribution in [2.24, 2.45) is 17.8 Å². The molecule has 2 amide bonds. The molecular formula is C26H47N3O4. The average Bonchev–Trinajstić information content (AvgIpc) is 2.73. The molecule has 0 spiro atoms. The number of ether oxygens (including phenoxy) is 1. The summed E-state index contributed by atoms with van der Waals surface area (Å²) in [6.07, 6.45) is 3.60. The van der Waals surface area contributed by atoms with Gasteiger partial charge < -0.3 is 15.0 Å². The zero-order valence-corrected chi connectivity index (χ0v) is 22.5. The number of likely N-dealkylation sites (N-methyl/N-ethyl adjacent to an activating group) is 1. The zero-order valence-electron chi connectivity index (χ0n) is 22.5. The second kappa shape index (κ2) is 13.1. The van der Waals surface area contributed by atoms with E-state index in [-0.39, 0.29) is 47.7 Å². The Bertz CT molecular complexity index is 702. The molecule has 33 heavy (non-hydrogen) atoms. The van der Waals surface area contributed by atoms with E-state index in [1.54, 1.807) is 31.9 Å². The van der Waals surface area contributed by atoms with Crippen LogP contribution in [-0.4, -0.2) is 72.0 Å². The van der Waals surface area contributed by atoms with Crippen LogP contribution in [0.1, 0.15) is 75.2 Å². The molecule has 0 saturated carbocycles. The lowest BCUT2D eigenvalue weighted by atomic mass is 9.91. The van der Waals surface area contributed by atoms with Gasteiger partial charge in [0, 0.05) is 25.2 Å². The molecule has 1 fully saturated rings. The van der Waals surface area contributed by atoms with Gasteiger partial charge in [0.2, 0.25) is 11.8 Å². The van der Waals surface area contributed by atoms with Gasteiger partial charge in [-0.05, 0) is 58.3 Å². The second-order valence-electron chi connectivity index (χ2n) is 10.5. The first kappa shape index (κ1) is 29.1. The summed E-state index contributed by atoms with van der Waals surface area (Å²) >= 11 is 0. The van der Waals surface area contributed by atoms with Crippen molar-refractivity contribution in [1.29, 1.82) is 0 Å². The van der Waals surface area contributed by atoms with Gasteiger partial charge in [-0.3, -0.25) is 14.5 Å². The molecule has 1 saturated heterocycles. The van der Waals surface area contributed by atoms with Gasteiger partial charge in [0.25, 0.3) is 0 Å². The molecule has 7 nitrogen and oxygen atoms in total. The van der Waals surface area contributed by atoms with Crippen molar-refractivity contribution in [3.05, 3.63) is 11.6 Å². The maximum atomic E-state index is 13.5. The van der Waals surface area contributed by atoms with E-state index in [9.17, 15) is 14.4 Å². The minimum atomic E-state index is -0.631. The van der Waals surface area contributed by atoms with Crippen LogP contribution in [0, 0.1) is 17.8 Å². The van der Waals surface area contributed by atoms with Gasteiger partial charge in [-0.1, -0.05) is 40.7 Å². The monoisotopic (exact) mass is 465 g/mol. The third-order valence-electron chi connectivity index (χ3n) is 6.55. The predicted molar refractivity (Wildman–Crippen MR) is 133 cm³/mol. The smallest absolute Gasteiger partial charge is 0.333 e. The van der Waals surface area contributed by atoms with Gasteiger partial charge in [-0.25, -0.2) is 4.79 Å². The molecule has 1 heterocycles. The Morgan fingerprint density at radius 3 is 2.18 bits per heavy atom. The summed E-state index contributed by atoms with van der Waals surface area (Å²) in [5.74, 6) is -0.0186. The molecule has 1 rings (SSSR count). The van der Waals surface area contributed by atoms with Crippen molar-refractivity contribution in [3.8, 4) is 0 Å². The van der Waals surface area contributed by atoms with Crippen LogP contribution in [0.5, 0.6) is 0 Å². The number of nitrogens with one attached hydrogen (secondary N) is 1. The van der Waals surface area contributed by atoms with Crippen LogP contribution in [0.2, 0.25) is 0 Å². The summed E-state index contributed by atoms with van der Waals surface area (Å²) in [5, 5.41) is 3.07. The molecule has 0 aromatic heterocycles. The van der Waals surface area contributed by atoms with Crippen LogP contribution < -0.4 is 5.32 Å². The molecule has 0 aromatic rings. The quantitative estimate of drug-likeness (QED) is 0.394. The Morgan fingerprint density at radius 1 is 1.09 bits per heavy atom. The van der Waals surface area contributed by atoms with Gasteiger partial charge in [0.05, 0.1) is 18.7 Å². The molecule has 0 aromatic carbocycles. The lowest BCUT2D eigenvalue weighted by molar-refractivity contribution is -0.140. The number of hydrogen-bond acceptors (Lipinski definition) is 5. The maximum Gasteiger partial charge on any atom is 0.333 e. The number of hydrogen-bond donors (Lipinski definition) is 1. The van der Waals surface area contributed by atoms with Crippen molar-refractivity contribution in [2.75, 3.05) is 20.2 Å². The Morgan fingerprint density at radius 2 is 1.70 bits per heavy atom. The number of piperidine rings is 1. The van der Waals surface area contributed by atoms with Crippen LogP contribution in [-0.2, 0) is 19.1 Å². The minimum absolute atomic E-state index is 0.0677. The van der Waals surface area contributed by atoms with Crippen LogP contribution in [0.15, 0.2) is 11.6 Å². The third kappa shape index (κ3) is 8.13. The average molecular weight is 466 g/mol. The van der Waals surface area contributed by atoms with Crippen molar-refractivity contribution < 1.29 is 19.1 Å². The fraction of sp³-hybridized carbons (Fsp3) is 0.808. The Kier molecular flexibility index (Phi) is 11.6. The molecule has 0 unspecified atom stereocenters. The second-order valence-corrected chi connectivity index (χ2v) is 10.5. The molecule has 0 radical (unpaired) electrons. The van der Waals surface area contributed by atoms with E-state index in [1.165, 1.54) is 0 Å². The number of likely N-dealkylation sites (tertiary alicyclic amines) is 1. The van der Waals surface area contributed by atoms with E-state index in [1.807, 2.05) is 27.7 Å². The maximum absolute atomic E-state index is 13.5. The number of rotatable bonds is 10. The summed E-state index contributed by atoms with van der Waals surface area (Å²) in [6.45, 7) is 19.0. The molecule has 4 atom stereocenters. The summed E-state index contributed by atoms with van der Waals surface area (Å²) in [7, 11) is 1.74. The van der Waals surface area contributed by atoms with Gasteiger partial charge in [-0.2, -0.15) is 0 Å². The number of carbonyl (C=O) groups is 3. The SMILES string of the molecule is CCOC(=O)/C(C)=C/[C@H](C(C)C)N(C)C(=O)[C@@H](NC(=O)[C@H]1CC[C@@H](C)CN1C(C)C)C(C)C. The molecule has 1 N–H and O–H groups in total. The summed E-state index contributed by atoms with van der Waals surface area (Å²) in [6, 6.07) is -0.871. The molecule has 190 valence electrons. The Hall–Kier alpha value is -1.89. The zero-order chi connectivity index (χ0) is 25.5. The highest BCUT2D eigenvalue weighted by Crippen LogP contribution is 2.24. The lowest BCUT2D eigenvalue weighted by Crippen LogP contribution is -2.59. The number of nitrogens with zero attached hydrogens (tertiary/aromatic N) is 2. The third-order valence-corrected chi connectivity index (χ3v) is 6.55. The number of carbonyl (C=O) groups excluding carboxylic acids is 3. The number of amides is 2. The van der Waals surface area contributed by atoms with Crippen LogP contribution in [0.3, 0.4) is 0 Å². The van der Waals surface area contributed by atoms with E-state index in [4.69, 9.17) is 4.74 Å². The fourth-order valence-electron chi connectivity index (χ4n) is 4.49. The normalized spacial score (nSPS) is 21.8. The fourth-order valence-corrected chi connectivity index (χ4v) is 4.49. The Balaban J connectivity index is 3.07. The standard InChI is InChI=1S/C26H47N3O4/c1-11-33-26(32)20(9)14-22(16(2)3)28(10)25(31)23(17(4)5)27-24(30)21-13-12-19(8)15-29(21)18(6)7/h14,16-19,21-23H,11-13,15H2,1-10H3,(H,27,30)/b20-14+/t19-,21-,22-,23+/m1/s1. The molecule has 7 heteroatoms. The van der Waals surface area contributed by atoms with E-state index < -0.39 is 6.04 Å². The molecule has 0 aliphatic carbocycles. The molecule has 0 bridgehead atoms. The first-order chi connectivity index (χ1) is 15.3. The first-order valence-electron chi connectivity index (χ1n) is 12.5.